The minimum Gasteiger partial charge on any atom is -0.213 e. The highest BCUT2D eigenvalue weighted by Gasteiger charge is 2.17. The standard InChI is InChI=1S/C23H21N3S/c1-16-8-6-7-11-21(16)22-24-23(19-9-4-3-5-10-19)26(25-22)20-14-12-18(13-15-20)17(2)27/h3-5,7,9-15,27H,2,6,8H2,1H3. The summed E-state index contributed by atoms with van der Waals surface area (Å²) >= 11 is 4.33. The number of benzene rings is 2. The van der Waals surface area contributed by atoms with Gasteiger partial charge >= 0.3 is 0 Å². The van der Waals surface area contributed by atoms with E-state index in [9.17, 15) is 0 Å². The molecule has 4 heteroatoms. The Morgan fingerprint density at radius 1 is 1.07 bits per heavy atom. The predicted molar refractivity (Wildman–Crippen MR) is 116 cm³/mol. The van der Waals surface area contributed by atoms with Crippen LogP contribution in [0.1, 0.15) is 31.2 Å². The van der Waals surface area contributed by atoms with E-state index in [0.29, 0.717) is 0 Å². The van der Waals surface area contributed by atoms with Crippen LogP contribution in [0.3, 0.4) is 0 Å². The molecule has 1 aliphatic carbocycles. The molecular formula is C23H21N3S. The molecule has 0 bridgehead atoms. The highest BCUT2D eigenvalue weighted by molar-refractivity contribution is 7.90. The molecule has 27 heavy (non-hydrogen) atoms. The van der Waals surface area contributed by atoms with Gasteiger partial charge in [-0.05, 0) is 37.5 Å². The van der Waals surface area contributed by atoms with Crippen LogP contribution in [0.5, 0.6) is 0 Å². The second kappa shape index (κ2) is 7.41. The summed E-state index contributed by atoms with van der Waals surface area (Å²) in [7, 11) is 0. The molecular weight excluding hydrogens is 350 g/mol. The number of rotatable bonds is 4. The summed E-state index contributed by atoms with van der Waals surface area (Å²) < 4.78 is 1.92. The predicted octanol–water partition coefficient (Wildman–Crippen LogP) is 5.96. The Hall–Kier alpha value is -2.85. The summed E-state index contributed by atoms with van der Waals surface area (Å²) in [6.07, 6.45) is 6.47. The lowest BCUT2D eigenvalue weighted by Crippen LogP contribution is -2.00. The van der Waals surface area contributed by atoms with Crippen LogP contribution in [0.2, 0.25) is 0 Å². The first-order valence-electron chi connectivity index (χ1n) is 9.01. The number of allylic oxidation sites excluding steroid dienone is 4. The lowest BCUT2D eigenvalue weighted by Gasteiger charge is -2.09. The van der Waals surface area contributed by atoms with Crippen molar-refractivity contribution < 1.29 is 0 Å². The van der Waals surface area contributed by atoms with Crippen molar-refractivity contribution in [1.82, 2.24) is 14.8 Å². The van der Waals surface area contributed by atoms with Gasteiger partial charge in [-0.1, -0.05) is 66.8 Å². The first-order valence-corrected chi connectivity index (χ1v) is 9.46. The fraction of sp³-hybridized carbons (Fsp3) is 0.130. The summed E-state index contributed by atoms with van der Waals surface area (Å²) in [6, 6.07) is 18.2. The normalized spacial score (nSPS) is 13.9. The smallest absolute Gasteiger partial charge is 0.182 e. The van der Waals surface area contributed by atoms with Crippen LogP contribution >= 0.6 is 12.6 Å². The molecule has 1 heterocycles. The largest absolute Gasteiger partial charge is 0.213 e. The summed E-state index contributed by atoms with van der Waals surface area (Å²) in [6.45, 7) is 6.04. The van der Waals surface area contributed by atoms with Crippen LogP contribution in [0.25, 0.3) is 27.6 Å². The molecule has 0 unspecified atom stereocenters. The average molecular weight is 372 g/mol. The fourth-order valence-electron chi connectivity index (χ4n) is 3.22. The van der Waals surface area contributed by atoms with E-state index in [0.717, 1.165) is 51.8 Å². The van der Waals surface area contributed by atoms with Crippen LogP contribution < -0.4 is 0 Å². The highest BCUT2D eigenvalue weighted by Crippen LogP contribution is 2.29. The van der Waals surface area contributed by atoms with E-state index in [1.165, 1.54) is 5.57 Å². The molecule has 4 rings (SSSR count). The van der Waals surface area contributed by atoms with Gasteiger partial charge in [0, 0.05) is 16.0 Å². The maximum absolute atomic E-state index is 4.90. The maximum atomic E-state index is 4.90. The minimum absolute atomic E-state index is 0.747. The zero-order valence-corrected chi connectivity index (χ0v) is 16.2. The molecule has 2 aromatic carbocycles. The van der Waals surface area contributed by atoms with Crippen LogP contribution in [-0.4, -0.2) is 14.8 Å². The van der Waals surface area contributed by atoms with Crippen LogP contribution in [0.15, 0.2) is 78.9 Å². The van der Waals surface area contributed by atoms with Gasteiger partial charge in [0.25, 0.3) is 0 Å². The van der Waals surface area contributed by atoms with Gasteiger partial charge in [0.2, 0.25) is 0 Å². The van der Waals surface area contributed by atoms with Gasteiger partial charge in [-0.15, -0.1) is 17.7 Å². The van der Waals surface area contributed by atoms with E-state index >= 15 is 0 Å². The number of thiol groups is 1. The molecule has 0 saturated carbocycles. The molecule has 0 amide bonds. The molecule has 0 N–H and O–H groups in total. The molecule has 0 saturated heterocycles. The zero-order chi connectivity index (χ0) is 18.8. The fourth-order valence-corrected chi connectivity index (χ4v) is 3.37. The van der Waals surface area contributed by atoms with Crippen LogP contribution in [0, 0.1) is 0 Å². The molecule has 0 spiro atoms. The quantitative estimate of drug-likeness (QED) is 0.574. The van der Waals surface area contributed by atoms with E-state index in [2.05, 4.69) is 50.4 Å². The molecule has 3 aromatic rings. The van der Waals surface area contributed by atoms with Gasteiger partial charge in [0.05, 0.1) is 5.69 Å². The molecule has 0 fully saturated rings. The molecule has 1 aromatic heterocycles. The number of hydrogen-bond acceptors (Lipinski definition) is 3. The second-order valence-electron chi connectivity index (χ2n) is 6.67. The van der Waals surface area contributed by atoms with Crippen molar-refractivity contribution >= 4 is 23.1 Å². The first-order chi connectivity index (χ1) is 13.1. The van der Waals surface area contributed by atoms with E-state index < -0.39 is 0 Å². The van der Waals surface area contributed by atoms with Crippen molar-refractivity contribution in [1.29, 1.82) is 0 Å². The van der Waals surface area contributed by atoms with Gasteiger partial charge in [-0.25, -0.2) is 9.67 Å². The third-order valence-electron chi connectivity index (χ3n) is 4.76. The lowest BCUT2D eigenvalue weighted by molar-refractivity contribution is 0.877. The van der Waals surface area contributed by atoms with Gasteiger partial charge < -0.3 is 0 Å². The highest BCUT2D eigenvalue weighted by atomic mass is 32.1. The second-order valence-corrected chi connectivity index (χ2v) is 7.21. The zero-order valence-electron chi connectivity index (χ0n) is 15.3. The molecule has 1 aliphatic rings. The van der Waals surface area contributed by atoms with Gasteiger partial charge in [0.1, 0.15) is 0 Å². The van der Waals surface area contributed by atoms with Gasteiger partial charge in [-0.2, -0.15) is 0 Å². The first kappa shape index (κ1) is 17.6. The molecule has 134 valence electrons. The summed E-state index contributed by atoms with van der Waals surface area (Å²) in [5.74, 6) is 1.60. The Kier molecular flexibility index (Phi) is 4.82. The van der Waals surface area contributed by atoms with Crippen molar-refractivity contribution in [2.24, 2.45) is 0 Å². The summed E-state index contributed by atoms with van der Waals surface area (Å²) in [5, 5.41) is 4.86. The average Bonchev–Trinajstić information content (AvgIpc) is 3.14. The van der Waals surface area contributed by atoms with E-state index in [-0.39, 0.29) is 0 Å². The lowest BCUT2D eigenvalue weighted by atomic mass is 9.99. The van der Waals surface area contributed by atoms with Crippen molar-refractivity contribution in [2.45, 2.75) is 19.8 Å². The van der Waals surface area contributed by atoms with Crippen molar-refractivity contribution in [3.8, 4) is 17.1 Å². The Labute approximate surface area is 165 Å². The number of aromatic nitrogens is 3. The van der Waals surface area contributed by atoms with Crippen LogP contribution in [-0.2, 0) is 0 Å². The Morgan fingerprint density at radius 2 is 1.81 bits per heavy atom. The SMILES string of the molecule is C=C(S)c1ccc(-n2nc(C3=C(C)CCC=C3)nc2-c2ccccc2)cc1. The molecule has 0 radical (unpaired) electrons. The summed E-state index contributed by atoms with van der Waals surface area (Å²) in [4.78, 5) is 5.65. The monoisotopic (exact) mass is 371 g/mol. The molecule has 0 aliphatic heterocycles. The van der Waals surface area contributed by atoms with Crippen LogP contribution in [0.4, 0.5) is 0 Å². The van der Waals surface area contributed by atoms with Crippen molar-refractivity contribution in [3.63, 3.8) is 0 Å². The number of hydrogen-bond donors (Lipinski definition) is 1. The van der Waals surface area contributed by atoms with Gasteiger partial charge in [0.15, 0.2) is 11.6 Å². The van der Waals surface area contributed by atoms with Crippen molar-refractivity contribution in [2.75, 3.05) is 0 Å². The Bertz CT molecular complexity index is 1040. The topological polar surface area (TPSA) is 30.7 Å². The van der Waals surface area contributed by atoms with Crippen molar-refractivity contribution in [3.05, 3.63) is 90.3 Å². The Balaban J connectivity index is 1.86. The third kappa shape index (κ3) is 3.53. The van der Waals surface area contributed by atoms with E-state index in [1.807, 2.05) is 47.1 Å². The van der Waals surface area contributed by atoms with E-state index in [4.69, 9.17) is 10.1 Å². The molecule has 0 atom stereocenters. The third-order valence-corrected chi connectivity index (χ3v) is 5.01. The number of nitrogens with zero attached hydrogens (tertiary/aromatic N) is 3. The minimum atomic E-state index is 0.747. The maximum Gasteiger partial charge on any atom is 0.182 e. The summed E-state index contributed by atoms with van der Waals surface area (Å²) in [5.41, 5.74) is 5.45. The van der Waals surface area contributed by atoms with E-state index in [1.54, 1.807) is 0 Å². The molecule has 3 nitrogen and oxygen atoms in total. The Morgan fingerprint density at radius 3 is 2.48 bits per heavy atom. The van der Waals surface area contributed by atoms with Gasteiger partial charge in [-0.3, -0.25) is 0 Å².